The lowest BCUT2D eigenvalue weighted by Crippen LogP contribution is -2.24. The van der Waals surface area contributed by atoms with Crippen molar-refractivity contribution in [1.82, 2.24) is 4.72 Å². The van der Waals surface area contributed by atoms with Gasteiger partial charge in [-0.2, -0.15) is 0 Å². The Balaban J connectivity index is 3.49. The summed E-state index contributed by atoms with van der Waals surface area (Å²) in [6, 6.07) is 0. The third-order valence-electron chi connectivity index (χ3n) is 1.27. The lowest BCUT2D eigenvalue weighted by molar-refractivity contribution is -0.138. The van der Waals surface area contributed by atoms with Crippen molar-refractivity contribution >= 4 is 16.0 Å². The summed E-state index contributed by atoms with van der Waals surface area (Å²) in [5.74, 6) is -0.454. The minimum Gasteiger partial charge on any atom is -0.462 e. The van der Waals surface area contributed by atoms with Crippen molar-refractivity contribution in [2.24, 2.45) is 0 Å². The molecule has 0 saturated carbocycles. The molecule has 0 rings (SSSR count). The predicted octanol–water partition coefficient (Wildman–Crippen LogP) is 0.0450. The van der Waals surface area contributed by atoms with E-state index < -0.39 is 16.0 Å². The predicted molar refractivity (Wildman–Crippen MR) is 53.2 cm³/mol. The Kier molecular flexibility index (Phi) is 5.40. The minimum absolute atomic E-state index is 0.189. The van der Waals surface area contributed by atoms with E-state index in [0.29, 0.717) is 12.0 Å². The van der Waals surface area contributed by atoms with E-state index in [9.17, 15) is 13.2 Å². The Hall–Kier alpha value is -0.880. The normalized spacial score (nSPS) is 11.0. The Labute approximate surface area is 84.2 Å². The Morgan fingerprint density at radius 1 is 1.50 bits per heavy atom. The zero-order valence-electron chi connectivity index (χ0n) is 8.37. The summed E-state index contributed by atoms with van der Waals surface area (Å²) in [6.07, 6.45) is 1.53. The van der Waals surface area contributed by atoms with Crippen molar-refractivity contribution < 1.29 is 17.9 Å². The highest BCUT2D eigenvalue weighted by Gasteiger charge is 2.03. The molecule has 5 nitrogen and oxygen atoms in total. The van der Waals surface area contributed by atoms with Crippen LogP contribution in [0.4, 0.5) is 0 Å². The monoisotopic (exact) mass is 221 g/mol. The van der Waals surface area contributed by atoms with Gasteiger partial charge in [-0.05, 0) is 13.3 Å². The fourth-order valence-corrected chi connectivity index (χ4v) is 1.13. The van der Waals surface area contributed by atoms with Crippen molar-refractivity contribution in [2.75, 3.05) is 19.4 Å². The average molecular weight is 221 g/mol. The van der Waals surface area contributed by atoms with Crippen molar-refractivity contribution in [2.45, 2.75) is 13.3 Å². The van der Waals surface area contributed by atoms with E-state index in [2.05, 4.69) is 11.3 Å². The van der Waals surface area contributed by atoms with E-state index >= 15 is 0 Å². The third kappa shape index (κ3) is 7.75. The van der Waals surface area contributed by atoms with Gasteiger partial charge in [-0.15, -0.1) is 0 Å². The van der Waals surface area contributed by atoms with Gasteiger partial charge in [0, 0.05) is 12.1 Å². The molecule has 0 aromatic heterocycles. The number of hydrogen-bond acceptors (Lipinski definition) is 4. The highest BCUT2D eigenvalue weighted by Crippen LogP contribution is 1.92. The minimum atomic E-state index is -3.15. The molecule has 82 valence electrons. The van der Waals surface area contributed by atoms with Gasteiger partial charge in [0.2, 0.25) is 10.0 Å². The Morgan fingerprint density at radius 3 is 2.50 bits per heavy atom. The van der Waals surface area contributed by atoms with E-state index in [1.165, 1.54) is 0 Å². The fourth-order valence-electron chi connectivity index (χ4n) is 0.618. The number of nitrogens with one attached hydrogen (secondary N) is 1. The molecule has 0 amide bonds. The van der Waals surface area contributed by atoms with Gasteiger partial charge in [-0.1, -0.05) is 6.58 Å². The first kappa shape index (κ1) is 13.1. The van der Waals surface area contributed by atoms with E-state index in [1.807, 2.05) is 0 Å². The molecule has 0 aromatic carbocycles. The summed E-state index contributed by atoms with van der Waals surface area (Å²) in [6.45, 7) is 5.41. The molecule has 0 aliphatic heterocycles. The van der Waals surface area contributed by atoms with E-state index in [0.717, 1.165) is 6.26 Å². The van der Waals surface area contributed by atoms with Crippen molar-refractivity contribution in [3.63, 3.8) is 0 Å². The van der Waals surface area contributed by atoms with Crippen LogP contribution in [0.5, 0.6) is 0 Å². The molecule has 0 bridgehead atoms. The van der Waals surface area contributed by atoms with Crippen molar-refractivity contribution in [3.8, 4) is 0 Å². The molecule has 0 aliphatic carbocycles. The summed E-state index contributed by atoms with van der Waals surface area (Å²) < 4.78 is 28.2. The molecule has 14 heavy (non-hydrogen) atoms. The van der Waals surface area contributed by atoms with Crippen LogP contribution in [0.1, 0.15) is 13.3 Å². The largest absolute Gasteiger partial charge is 0.462 e. The first-order valence-electron chi connectivity index (χ1n) is 4.10. The number of carbonyl (C=O) groups is 1. The molecule has 1 N–H and O–H groups in total. The quantitative estimate of drug-likeness (QED) is 0.390. The maximum absolute atomic E-state index is 10.8. The number of sulfonamides is 1. The molecule has 6 heteroatoms. The SMILES string of the molecule is C=C(C)C(=O)OCCCNS(C)(=O)=O. The van der Waals surface area contributed by atoms with Gasteiger partial charge in [0.15, 0.2) is 0 Å². The second-order valence-electron chi connectivity index (χ2n) is 2.94. The van der Waals surface area contributed by atoms with Crippen LogP contribution in [-0.2, 0) is 19.6 Å². The number of carbonyl (C=O) groups excluding carboxylic acids is 1. The van der Waals surface area contributed by atoms with Crippen molar-refractivity contribution in [3.05, 3.63) is 12.2 Å². The van der Waals surface area contributed by atoms with Gasteiger partial charge in [0.25, 0.3) is 0 Å². The lowest BCUT2D eigenvalue weighted by Gasteiger charge is -2.04. The fraction of sp³-hybridized carbons (Fsp3) is 0.625. The number of rotatable bonds is 6. The van der Waals surface area contributed by atoms with Gasteiger partial charge < -0.3 is 4.74 Å². The lowest BCUT2D eigenvalue weighted by atomic mass is 10.4. The molecule has 0 unspecified atom stereocenters. The molecule has 0 heterocycles. The third-order valence-corrected chi connectivity index (χ3v) is 2.00. The summed E-state index contributed by atoms with van der Waals surface area (Å²) >= 11 is 0. The number of ether oxygens (including phenoxy) is 1. The zero-order valence-corrected chi connectivity index (χ0v) is 9.19. The second-order valence-corrected chi connectivity index (χ2v) is 4.77. The van der Waals surface area contributed by atoms with Gasteiger partial charge in [0.05, 0.1) is 12.9 Å². The summed E-state index contributed by atoms with van der Waals surface area (Å²) in [7, 11) is -3.15. The first-order valence-corrected chi connectivity index (χ1v) is 5.99. The molecular formula is C8H15NO4S. The van der Waals surface area contributed by atoms with E-state index in [-0.39, 0.29) is 13.2 Å². The summed E-state index contributed by atoms with van der Waals surface area (Å²) in [4.78, 5) is 10.8. The van der Waals surface area contributed by atoms with Crippen LogP contribution < -0.4 is 4.72 Å². The highest BCUT2D eigenvalue weighted by atomic mass is 32.2. The summed E-state index contributed by atoms with van der Waals surface area (Å²) in [5, 5.41) is 0. The molecule has 0 radical (unpaired) electrons. The zero-order chi connectivity index (χ0) is 11.2. The molecule has 0 aliphatic rings. The highest BCUT2D eigenvalue weighted by molar-refractivity contribution is 7.88. The van der Waals surface area contributed by atoms with E-state index in [4.69, 9.17) is 4.74 Å². The van der Waals surface area contributed by atoms with Crippen molar-refractivity contribution in [1.29, 1.82) is 0 Å². The topological polar surface area (TPSA) is 72.5 Å². The molecule has 0 aromatic rings. The molecule has 0 saturated heterocycles. The maximum atomic E-state index is 10.8. The van der Waals surface area contributed by atoms with Crippen LogP contribution in [0.3, 0.4) is 0 Å². The maximum Gasteiger partial charge on any atom is 0.333 e. The summed E-state index contributed by atoms with van der Waals surface area (Å²) in [5.41, 5.74) is 0.334. The van der Waals surface area contributed by atoms with Crippen LogP contribution in [0.25, 0.3) is 0 Å². The van der Waals surface area contributed by atoms with E-state index in [1.54, 1.807) is 6.92 Å². The Bertz CT molecular complexity index is 307. The molecule has 0 fully saturated rings. The van der Waals surface area contributed by atoms with Crippen LogP contribution in [0.15, 0.2) is 12.2 Å². The van der Waals surface area contributed by atoms with Gasteiger partial charge in [-0.25, -0.2) is 17.9 Å². The van der Waals surface area contributed by atoms with Crippen LogP contribution >= 0.6 is 0 Å². The van der Waals surface area contributed by atoms with Crippen LogP contribution in [0, 0.1) is 0 Å². The molecular weight excluding hydrogens is 206 g/mol. The van der Waals surface area contributed by atoms with Crippen LogP contribution in [-0.4, -0.2) is 33.8 Å². The average Bonchev–Trinajstić information content (AvgIpc) is 2.01. The number of hydrogen-bond donors (Lipinski definition) is 1. The Morgan fingerprint density at radius 2 is 2.07 bits per heavy atom. The van der Waals surface area contributed by atoms with Gasteiger partial charge >= 0.3 is 5.97 Å². The molecule has 0 spiro atoms. The molecule has 0 atom stereocenters. The van der Waals surface area contributed by atoms with Gasteiger partial charge in [0.1, 0.15) is 0 Å². The van der Waals surface area contributed by atoms with Gasteiger partial charge in [-0.3, -0.25) is 0 Å². The smallest absolute Gasteiger partial charge is 0.333 e. The number of esters is 1. The standard InChI is InChI=1S/C8H15NO4S/c1-7(2)8(10)13-6-4-5-9-14(3,11)12/h9H,1,4-6H2,2-3H3. The second kappa shape index (κ2) is 5.77. The van der Waals surface area contributed by atoms with Crippen LogP contribution in [0.2, 0.25) is 0 Å². The first-order chi connectivity index (χ1) is 6.33.